The van der Waals surface area contributed by atoms with Crippen LogP contribution in [0.3, 0.4) is 0 Å². The van der Waals surface area contributed by atoms with Crippen molar-refractivity contribution < 1.29 is 9.53 Å². The molecule has 1 heterocycles. The van der Waals surface area contributed by atoms with Crippen LogP contribution in [0.2, 0.25) is 0 Å². The van der Waals surface area contributed by atoms with Crippen LogP contribution in [-0.2, 0) is 0 Å². The predicted octanol–water partition coefficient (Wildman–Crippen LogP) is 4.83. The van der Waals surface area contributed by atoms with Crippen molar-refractivity contribution in [2.75, 3.05) is 0 Å². The first-order valence-electron chi connectivity index (χ1n) is 9.29. The van der Waals surface area contributed by atoms with E-state index in [1.54, 1.807) is 6.07 Å². The first kappa shape index (κ1) is 17.1. The Morgan fingerprint density at radius 3 is 2.71 bits per heavy atom. The molecule has 1 fully saturated rings. The molecule has 5 rings (SSSR count). The van der Waals surface area contributed by atoms with Crippen molar-refractivity contribution in [2.45, 2.75) is 32.3 Å². The van der Waals surface area contributed by atoms with Crippen LogP contribution in [-0.4, -0.2) is 22.1 Å². The van der Waals surface area contributed by atoms with E-state index in [9.17, 15) is 10.1 Å². The molecule has 2 atom stereocenters. The molecule has 0 bridgehead atoms. The average Bonchev–Trinajstić information content (AvgIpc) is 3.24. The van der Waals surface area contributed by atoms with Gasteiger partial charge in [0, 0.05) is 22.6 Å². The molecule has 6 heteroatoms. The molecular formula is C22H17N3O2S. The molecule has 2 aliphatic rings. The zero-order valence-electron chi connectivity index (χ0n) is 15.5. The number of Topliss-reactive ketones (excluding diaryl/α,β-unsaturated/α-hetero) is 1. The zero-order chi connectivity index (χ0) is 19.4. The molecule has 1 saturated carbocycles. The summed E-state index contributed by atoms with van der Waals surface area (Å²) in [6.07, 6.45) is 0.956. The van der Waals surface area contributed by atoms with Crippen LogP contribution < -0.4 is 4.74 Å². The summed E-state index contributed by atoms with van der Waals surface area (Å²) in [4.78, 5) is 12.4. The number of fused-ring (bicyclic) bond motifs is 3. The van der Waals surface area contributed by atoms with Gasteiger partial charge in [-0.3, -0.25) is 4.79 Å². The number of ketones is 1. The SMILES string of the molecule is CC(C)Oc1ccc(-c2nnc(-c3cccc4c3C3CC3C4=O)s2)cc1C#N. The zero-order valence-corrected chi connectivity index (χ0v) is 16.3. The van der Waals surface area contributed by atoms with Crippen molar-refractivity contribution >= 4 is 17.1 Å². The number of ether oxygens (including phenoxy) is 1. The summed E-state index contributed by atoms with van der Waals surface area (Å²) in [5.41, 5.74) is 4.32. The van der Waals surface area contributed by atoms with Crippen molar-refractivity contribution in [1.82, 2.24) is 10.2 Å². The Morgan fingerprint density at radius 2 is 1.93 bits per heavy atom. The molecule has 0 spiro atoms. The van der Waals surface area contributed by atoms with Gasteiger partial charge in [-0.2, -0.15) is 5.26 Å². The van der Waals surface area contributed by atoms with Crippen LogP contribution in [0, 0.1) is 17.2 Å². The summed E-state index contributed by atoms with van der Waals surface area (Å²) in [5, 5.41) is 19.7. The Hall–Kier alpha value is -3.04. The highest BCUT2D eigenvalue weighted by Gasteiger charge is 2.52. The minimum atomic E-state index is 0.000202. The Kier molecular flexibility index (Phi) is 3.81. The third-order valence-electron chi connectivity index (χ3n) is 5.23. The summed E-state index contributed by atoms with van der Waals surface area (Å²) in [6, 6.07) is 13.6. The number of benzene rings is 2. The maximum Gasteiger partial charge on any atom is 0.166 e. The standard InChI is InChI=1S/C22H17N3O2S/c1-11(2)27-18-7-6-12(8-13(18)10-23)21-24-25-22(28-21)15-5-3-4-14-19(15)16-9-17(16)20(14)26/h3-8,11,16-17H,9H2,1-2H3. The molecule has 28 heavy (non-hydrogen) atoms. The van der Waals surface area contributed by atoms with Crippen molar-refractivity contribution in [3.8, 4) is 33.0 Å². The van der Waals surface area contributed by atoms with Gasteiger partial charge in [0.15, 0.2) is 5.78 Å². The van der Waals surface area contributed by atoms with E-state index in [0.717, 1.165) is 38.7 Å². The third kappa shape index (κ3) is 2.62. The topological polar surface area (TPSA) is 75.9 Å². The molecule has 0 radical (unpaired) electrons. The van der Waals surface area contributed by atoms with Gasteiger partial charge in [0.2, 0.25) is 0 Å². The Labute approximate surface area is 166 Å². The van der Waals surface area contributed by atoms with Crippen molar-refractivity contribution in [1.29, 1.82) is 5.26 Å². The number of nitrogens with zero attached hydrogens (tertiary/aromatic N) is 3. The van der Waals surface area contributed by atoms with Crippen LogP contribution >= 0.6 is 11.3 Å². The van der Waals surface area contributed by atoms with Crippen molar-refractivity contribution in [3.63, 3.8) is 0 Å². The van der Waals surface area contributed by atoms with Gasteiger partial charge in [-0.15, -0.1) is 10.2 Å². The second kappa shape index (κ2) is 6.25. The number of carbonyl (C=O) groups is 1. The lowest BCUT2D eigenvalue weighted by Crippen LogP contribution is -2.06. The third-order valence-corrected chi connectivity index (χ3v) is 6.24. The second-order valence-electron chi connectivity index (χ2n) is 7.48. The van der Waals surface area contributed by atoms with E-state index >= 15 is 0 Å². The van der Waals surface area contributed by atoms with E-state index in [1.165, 1.54) is 11.3 Å². The van der Waals surface area contributed by atoms with Gasteiger partial charge in [-0.05, 0) is 49.9 Å². The highest BCUT2D eigenvalue weighted by molar-refractivity contribution is 7.18. The van der Waals surface area contributed by atoms with E-state index in [-0.39, 0.29) is 17.8 Å². The second-order valence-corrected chi connectivity index (χ2v) is 8.46. The maximum absolute atomic E-state index is 12.4. The summed E-state index contributed by atoms with van der Waals surface area (Å²) in [7, 11) is 0. The summed E-state index contributed by atoms with van der Waals surface area (Å²) in [5.74, 6) is 1.37. The van der Waals surface area contributed by atoms with E-state index in [2.05, 4.69) is 16.3 Å². The van der Waals surface area contributed by atoms with Gasteiger partial charge in [0.1, 0.15) is 21.8 Å². The quantitative estimate of drug-likeness (QED) is 0.641. The average molecular weight is 387 g/mol. The fourth-order valence-corrected chi connectivity index (χ4v) is 4.80. The fourth-order valence-electron chi connectivity index (χ4n) is 3.93. The van der Waals surface area contributed by atoms with Crippen LogP contribution in [0.25, 0.3) is 21.1 Å². The lowest BCUT2D eigenvalue weighted by atomic mass is 10.00. The number of aromatic nitrogens is 2. The number of rotatable bonds is 4. The number of nitriles is 1. The van der Waals surface area contributed by atoms with Crippen LogP contribution in [0.4, 0.5) is 0 Å². The number of hydrogen-bond acceptors (Lipinski definition) is 6. The predicted molar refractivity (Wildman–Crippen MR) is 106 cm³/mol. The minimum absolute atomic E-state index is 0.000202. The van der Waals surface area contributed by atoms with Gasteiger partial charge >= 0.3 is 0 Å². The Balaban J connectivity index is 1.52. The molecule has 2 unspecified atom stereocenters. The molecule has 5 nitrogen and oxygen atoms in total. The minimum Gasteiger partial charge on any atom is -0.490 e. The van der Waals surface area contributed by atoms with Gasteiger partial charge < -0.3 is 4.74 Å². The van der Waals surface area contributed by atoms with Gasteiger partial charge in [-0.25, -0.2) is 0 Å². The van der Waals surface area contributed by atoms with Crippen LogP contribution in [0.1, 0.15) is 47.7 Å². The smallest absolute Gasteiger partial charge is 0.166 e. The van der Waals surface area contributed by atoms with Crippen molar-refractivity contribution in [3.05, 3.63) is 53.1 Å². The Bertz CT molecular complexity index is 1160. The molecule has 138 valence electrons. The molecule has 3 aromatic rings. The summed E-state index contributed by atoms with van der Waals surface area (Å²) in [6.45, 7) is 3.86. The first-order chi connectivity index (χ1) is 13.6. The molecule has 0 aliphatic heterocycles. The molecule has 2 aromatic carbocycles. The van der Waals surface area contributed by atoms with Gasteiger partial charge in [-0.1, -0.05) is 29.5 Å². The van der Waals surface area contributed by atoms with E-state index < -0.39 is 0 Å². The monoisotopic (exact) mass is 387 g/mol. The summed E-state index contributed by atoms with van der Waals surface area (Å²) < 4.78 is 5.69. The number of carbonyl (C=O) groups excluding carboxylic acids is 1. The number of hydrogen-bond donors (Lipinski definition) is 0. The largest absolute Gasteiger partial charge is 0.490 e. The fraction of sp³-hybridized carbons (Fsp3) is 0.273. The normalized spacial score (nSPS) is 19.3. The summed E-state index contributed by atoms with van der Waals surface area (Å²) >= 11 is 1.48. The maximum atomic E-state index is 12.4. The highest BCUT2D eigenvalue weighted by Crippen LogP contribution is 2.58. The Morgan fingerprint density at radius 1 is 1.14 bits per heavy atom. The van der Waals surface area contributed by atoms with E-state index in [4.69, 9.17) is 4.74 Å². The van der Waals surface area contributed by atoms with Gasteiger partial charge in [0.05, 0.1) is 11.7 Å². The van der Waals surface area contributed by atoms with E-state index in [0.29, 0.717) is 17.2 Å². The molecule has 0 saturated heterocycles. The highest BCUT2D eigenvalue weighted by atomic mass is 32.1. The molecule has 0 N–H and O–H groups in total. The van der Waals surface area contributed by atoms with Crippen LogP contribution in [0.5, 0.6) is 5.75 Å². The molecule has 2 aliphatic carbocycles. The van der Waals surface area contributed by atoms with Crippen molar-refractivity contribution in [2.24, 2.45) is 5.92 Å². The first-order valence-corrected chi connectivity index (χ1v) is 10.1. The lowest BCUT2D eigenvalue weighted by molar-refractivity contribution is 0.0974. The lowest BCUT2D eigenvalue weighted by Gasteiger charge is -2.11. The molecular weight excluding hydrogens is 370 g/mol. The van der Waals surface area contributed by atoms with Gasteiger partial charge in [0.25, 0.3) is 0 Å². The van der Waals surface area contributed by atoms with E-state index in [1.807, 2.05) is 44.2 Å². The molecule has 1 aromatic heterocycles. The molecule has 0 amide bonds. The van der Waals surface area contributed by atoms with Crippen LogP contribution in [0.15, 0.2) is 36.4 Å².